The molecular weight excluding hydrogens is 551 g/mol. The fourth-order valence-electron chi connectivity index (χ4n) is 3.08. The van der Waals surface area contributed by atoms with Gasteiger partial charge in [-0.1, -0.05) is 53.9 Å². The number of ketones is 1. The van der Waals surface area contributed by atoms with Crippen molar-refractivity contribution in [3.8, 4) is 11.3 Å². The van der Waals surface area contributed by atoms with Crippen molar-refractivity contribution in [1.29, 1.82) is 0 Å². The maximum Gasteiger partial charge on any atom is 0.155 e. The van der Waals surface area contributed by atoms with Crippen molar-refractivity contribution < 1.29 is 29.6 Å². The van der Waals surface area contributed by atoms with Crippen LogP contribution in [0.4, 0.5) is 0 Å². The summed E-state index contributed by atoms with van der Waals surface area (Å²) in [7, 11) is 3.12. The Morgan fingerprint density at radius 1 is 0.900 bits per heavy atom. The van der Waals surface area contributed by atoms with E-state index in [2.05, 4.69) is 84.4 Å². The van der Waals surface area contributed by atoms with Crippen LogP contribution in [-0.2, 0) is 29.6 Å². The number of rotatable bonds is 3. The van der Waals surface area contributed by atoms with Crippen LogP contribution in [0.2, 0.25) is 0 Å². The molecule has 0 aliphatic heterocycles. The zero-order valence-electron chi connectivity index (χ0n) is 17.0. The number of aromatic nitrogens is 1. The average molecular weight is 574 g/mol. The van der Waals surface area contributed by atoms with E-state index in [0.717, 1.165) is 22.2 Å². The van der Waals surface area contributed by atoms with E-state index in [9.17, 15) is 4.79 Å². The van der Waals surface area contributed by atoms with Crippen LogP contribution >= 0.6 is 0 Å². The predicted molar refractivity (Wildman–Crippen MR) is 120 cm³/mol. The Hall–Kier alpha value is -2.94. The number of fused-ring (bicyclic) bond motifs is 2. The van der Waals surface area contributed by atoms with Gasteiger partial charge >= 0.3 is 0 Å². The summed E-state index contributed by atoms with van der Waals surface area (Å²) in [6.45, 7) is 7.32. The van der Waals surface area contributed by atoms with E-state index < -0.39 is 0 Å². The summed E-state index contributed by atoms with van der Waals surface area (Å²) in [5.41, 5.74) is 3.08. The number of hydrogen-bond acceptors (Lipinski definition) is 3. The van der Waals surface area contributed by atoms with Crippen molar-refractivity contribution >= 4 is 27.3 Å². The first-order valence-corrected chi connectivity index (χ1v) is 9.29. The zero-order chi connectivity index (χ0) is 20.8. The molecule has 155 valence electrons. The van der Waals surface area contributed by atoms with E-state index in [1.54, 1.807) is 6.92 Å². The Morgan fingerprint density at radius 2 is 1.43 bits per heavy atom. The minimum atomic E-state index is -0.0221. The summed E-state index contributed by atoms with van der Waals surface area (Å²) in [6, 6.07) is 23.1. The van der Waals surface area contributed by atoms with Crippen molar-refractivity contribution in [2.24, 2.45) is 0 Å². The third-order valence-electron chi connectivity index (χ3n) is 4.51. The first kappa shape index (κ1) is 23.3. The first-order valence-electron chi connectivity index (χ1n) is 9.29. The molecular formula is C26H23IrNO2-2. The number of hydrogen-bond donors (Lipinski definition) is 0. The minimum absolute atomic E-state index is 0. The number of pyridine rings is 1. The molecule has 4 rings (SSSR count). The van der Waals surface area contributed by atoms with E-state index in [4.69, 9.17) is 0 Å². The molecule has 3 nitrogen and oxygen atoms in total. The van der Waals surface area contributed by atoms with Crippen LogP contribution < -0.4 is 0 Å². The van der Waals surface area contributed by atoms with E-state index in [1.165, 1.54) is 29.2 Å². The van der Waals surface area contributed by atoms with E-state index in [1.807, 2.05) is 12.3 Å². The third-order valence-corrected chi connectivity index (χ3v) is 4.51. The molecule has 0 aliphatic carbocycles. The Labute approximate surface area is 191 Å². The molecule has 0 atom stereocenters. The van der Waals surface area contributed by atoms with Crippen LogP contribution in [0.3, 0.4) is 0 Å². The standard InChI is InChI=1S/C20H14N.C6H9O2.Ir/c1-14-10-15-6-2-3-7-16(15)11-19(14)20-12-17-8-4-5-9-18(17)13-21-20;1-5(7)4-6(2)8-3;/h2-13H,1H2;4H,3H2,1-2H3;/q2*-1;/b;6-4-;. The molecule has 0 spiro atoms. The molecule has 0 saturated carbocycles. The Morgan fingerprint density at radius 3 is 1.97 bits per heavy atom. The van der Waals surface area contributed by atoms with Gasteiger partial charge in [-0.15, -0.1) is 11.6 Å². The van der Waals surface area contributed by atoms with Gasteiger partial charge in [-0.2, -0.15) is 25.7 Å². The fraction of sp³-hybridized carbons (Fsp3) is 0.0769. The number of allylic oxidation sites excluding steroid dienone is 2. The maximum absolute atomic E-state index is 10.2. The summed E-state index contributed by atoms with van der Waals surface area (Å²) in [6.07, 6.45) is 3.31. The summed E-state index contributed by atoms with van der Waals surface area (Å²) in [5.74, 6) is 0.517. The van der Waals surface area contributed by atoms with Gasteiger partial charge in [0.1, 0.15) is 0 Å². The van der Waals surface area contributed by atoms with Gasteiger partial charge in [-0.3, -0.25) is 9.78 Å². The molecule has 0 fully saturated rings. The number of carbonyl (C=O) groups is 1. The first-order chi connectivity index (χ1) is 14.0. The van der Waals surface area contributed by atoms with Gasteiger partial charge < -0.3 is 4.74 Å². The van der Waals surface area contributed by atoms with Gasteiger partial charge in [0.2, 0.25) is 0 Å². The predicted octanol–water partition coefficient (Wildman–Crippen LogP) is 6.52. The SMILES string of the molecule is [CH2-]O/C(C)=C\C(C)=O.[CH2-]c1cc2ccccc2cc1-c1cc2ccccc2cn1.[Ir]. The average Bonchev–Trinajstić information content (AvgIpc) is 2.73. The van der Waals surface area contributed by atoms with Crippen molar-refractivity contribution in [2.45, 2.75) is 13.8 Å². The fourth-order valence-corrected chi connectivity index (χ4v) is 3.08. The van der Waals surface area contributed by atoms with Gasteiger partial charge in [-0.25, -0.2) is 0 Å². The van der Waals surface area contributed by atoms with Crippen molar-refractivity contribution in [1.82, 2.24) is 4.98 Å². The largest absolute Gasteiger partial charge is 0.668 e. The van der Waals surface area contributed by atoms with Crippen LogP contribution in [0.1, 0.15) is 19.4 Å². The summed E-state index contributed by atoms with van der Waals surface area (Å²) in [5, 5.41) is 4.80. The third kappa shape index (κ3) is 5.79. The minimum Gasteiger partial charge on any atom is -0.668 e. The number of nitrogens with zero attached hydrogens (tertiary/aromatic N) is 1. The molecule has 0 aliphatic rings. The zero-order valence-corrected chi connectivity index (χ0v) is 19.4. The molecule has 0 bridgehead atoms. The second kappa shape index (κ2) is 10.7. The van der Waals surface area contributed by atoms with E-state index >= 15 is 0 Å². The van der Waals surface area contributed by atoms with Crippen molar-refractivity contribution in [2.75, 3.05) is 0 Å². The molecule has 1 aromatic heterocycles. The molecule has 1 radical (unpaired) electrons. The van der Waals surface area contributed by atoms with Gasteiger partial charge in [-0.05, 0) is 36.1 Å². The van der Waals surface area contributed by atoms with Crippen LogP contribution in [0.25, 0.3) is 32.8 Å². The summed E-state index contributed by atoms with van der Waals surface area (Å²) >= 11 is 0. The van der Waals surface area contributed by atoms with E-state index in [0.29, 0.717) is 5.76 Å². The van der Waals surface area contributed by atoms with Crippen LogP contribution in [0.5, 0.6) is 0 Å². The molecule has 4 heteroatoms. The molecule has 4 aromatic rings. The van der Waals surface area contributed by atoms with Gasteiger partial charge in [0.15, 0.2) is 5.78 Å². The molecule has 3 aromatic carbocycles. The number of benzene rings is 3. The molecule has 0 unspecified atom stereocenters. The van der Waals surface area contributed by atoms with Gasteiger partial charge in [0.25, 0.3) is 0 Å². The Bertz CT molecular complexity index is 1200. The topological polar surface area (TPSA) is 39.2 Å². The normalized spacial score (nSPS) is 10.7. The van der Waals surface area contributed by atoms with Gasteiger partial charge in [0.05, 0.1) is 5.76 Å². The van der Waals surface area contributed by atoms with Crippen LogP contribution in [0.15, 0.2) is 84.8 Å². The molecule has 0 saturated heterocycles. The van der Waals surface area contributed by atoms with Crippen molar-refractivity contribution in [3.63, 3.8) is 0 Å². The Kier molecular flexibility index (Phi) is 8.34. The van der Waals surface area contributed by atoms with Gasteiger partial charge in [0, 0.05) is 38.1 Å². The van der Waals surface area contributed by atoms with Crippen LogP contribution in [-0.4, -0.2) is 10.8 Å². The number of ether oxygens (including phenoxy) is 1. The molecule has 0 amide bonds. The smallest absolute Gasteiger partial charge is 0.155 e. The maximum atomic E-state index is 10.2. The second-order valence-corrected chi connectivity index (χ2v) is 6.78. The Balaban J connectivity index is 0.000000308. The summed E-state index contributed by atoms with van der Waals surface area (Å²) in [4.78, 5) is 14.8. The summed E-state index contributed by atoms with van der Waals surface area (Å²) < 4.78 is 4.45. The monoisotopic (exact) mass is 574 g/mol. The number of carbonyl (C=O) groups excluding carboxylic acids is 1. The van der Waals surface area contributed by atoms with E-state index in [-0.39, 0.29) is 25.9 Å². The van der Waals surface area contributed by atoms with Crippen LogP contribution in [0, 0.1) is 14.0 Å². The molecule has 0 N–H and O–H groups in total. The molecule has 1 heterocycles. The quantitative estimate of drug-likeness (QED) is 0.159. The van der Waals surface area contributed by atoms with Crippen molar-refractivity contribution in [3.05, 3.63) is 104 Å². The second-order valence-electron chi connectivity index (χ2n) is 6.78. The molecule has 30 heavy (non-hydrogen) atoms.